The van der Waals surface area contributed by atoms with Crippen LogP contribution in [0.25, 0.3) is 0 Å². The van der Waals surface area contributed by atoms with Crippen LogP contribution < -0.4 is 5.32 Å². The monoisotopic (exact) mass is 147 g/mol. The van der Waals surface area contributed by atoms with Gasteiger partial charge in [-0.05, 0) is 0 Å². The molecular weight excluding hydrogens is 138 g/mol. The van der Waals surface area contributed by atoms with E-state index in [9.17, 15) is 4.79 Å². The minimum Gasteiger partial charge on any atom is -0.437 e. The van der Waals surface area contributed by atoms with Crippen molar-refractivity contribution in [2.45, 2.75) is 12.5 Å². The summed E-state index contributed by atoms with van der Waals surface area (Å²) < 4.78 is 4.82. The van der Waals surface area contributed by atoms with E-state index in [4.69, 9.17) is 4.74 Å². The molecule has 0 amide bonds. The highest BCUT2D eigenvalue weighted by Gasteiger charge is 2.16. The number of hydrogen-bond acceptors (Lipinski definition) is 4. The first-order valence-corrected chi connectivity index (χ1v) is 3.86. The topological polar surface area (TPSA) is 38.3 Å². The Morgan fingerprint density at radius 1 is 1.89 bits per heavy atom. The van der Waals surface area contributed by atoms with Crippen LogP contribution in [-0.4, -0.2) is 23.8 Å². The summed E-state index contributed by atoms with van der Waals surface area (Å²) in [6, 6.07) is 0. The Hall–Kier alpha value is -0.220. The van der Waals surface area contributed by atoms with Crippen molar-refractivity contribution in [1.29, 1.82) is 0 Å². The largest absolute Gasteiger partial charge is 0.437 e. The number of hydrogen-bond donors (Lipinski definition) is 1. The molecule has 1 unspecified atom stereocenters. The first kappa shape index (κ1) is 6.89. The maximum absolute atomic E-state index is 10.3. The Balaban J connectivity index is 2.19. The quantitative estimate of drug-likeness (QED) is 0.536. The van der Waals surface area contributed by atoms with E-state index in [2.05, 4.69) is 5.32 Å². The predicted molar refractivity (Wildman–Crippen MR) is 36.0 cm³/mol. The average Bonchev–Trinajstić information content (AvgIpc) is 2.15. The molecule has 1 N–H and O–H groups in total. The lowest BCUT2D eigenvalue weighted by molar-refractivity contribution is -0.143. The summed E-state index contributed by atoms with van der Waals surface area (Å²) in [5.41, 5.74) is -0.0949. The number of nitrogens with one attached hydrogen (secondary N) is 1. The third-order valence-electron chi connectivity index (χ3n) is 0.955. The molecule has 3 nitrogen and oxygen atoms in total. The van der Waals surface area contributed by atoms with Crippen molar-refractivity contribution < 1.29 is 9.53 Å². The molecule has 1 atom stereocenters. The van der Waals surface area contributed by atoms with Gasteiger partial charge >= 0.3 is 5.97 Å². The maximum atomic E-state index is 10.3. The van der Waals surface area contributed by atoms with Crippen LogP contribution >= 0.6 is 11.8 Å². The van der Waals surface area contributed by atoms with E-state index >= 15 is 0 Å². The predicted octanol–water partition coefficient (Wildman–Crippen LogP) is 0.169. The van der Waals surface area contributed by atoms with E-state index in [-0.39, 0.29) is 11.5 Å². The summed E-state index contributed by atoms with van der Waals surface area (Å²) in [6.07, 6.45) is 0. The second-order valence-corrected chi connectivity index (χ2v) is 2.94. The second-order valence-electron chi connectivity index (χ2n) is 1.77. The van der Waals surface area contributed by atoms with E-state index in [1.807, 2.05) is 0 Å². The highest BCUT2D eigenvalue weighted by Crippen LogP contribution is 2.14. The molecule has 0 radical (unpaired) electrons. The molecule has 4 heteroatoms. The summed E-state index contributed by atoms with van der Waals surface area (Å²) in [5.74, 6) is 0.805. The normalized spacial score (nSPS) is 26.1. The molecule has 1 rings (SSSR count). The zero-order valence-corrected chi connectivity index (χ0v) is 6.03. The second kappa shape index (κ2) is 3.08. The van der Waals surface area contributed by atoms with E-state index in [0.717, 1.165) is 12.3 Å². The van der Waals surface area contributed by atoms with Gasteiger partial charge in [0.15, 0.2) is 0 Å². The van der Waals surface area contributed by atoms with Gasteiger partial charge in [-0.15, -0.1) is 11.8 Å². The van der Waals surface area contributed by atoms with Gasteiger partial charge in [0, 0.05) is 19.2 Å². The summed E-state index contributed by atoms with van der Waals surface area (Å²) >= 11 is 1.62. The van der Waals surface area contributed by atoms with Crippen molar-refractivity contribution in [3.05, 3.63) is 0 Å². The molecule has 0 aromatic rings. The summed E-state index contributed by atoms with van der Waals surface area (Å²) in [4.78, 5) is 10.3. The fraction of sp³-hybridized carbons (Fsp3) is 0.800. The van der Waals surface area contributed by atoms with Gasteiger partial charge in [0.2, 0.25) is 5.56 Å². The van der Waals surface area contributed by atoms with Gasteiger partial charge in [-0.3, -0.25) is 10.1 Å². The van der Waals surface area contributed by atoms with Crippen LogP contribution in [0.15, 0.2) is 0 Å². The minimum atomic E-state index is -0.220. The molecule has 0 aliphatic carbocycles. The van der Waals surface area contributed by atoms with Crippen LogP contribution in [0.3, 0.4) is 0 Å². The molecule has 1 aliphatic heterocycles. The fourth-order valence-corrected chi connectivity index (χ4v) is 1.52. The van der Waals surface area contributed by atoms with Gasteiger partial charge < -0.3 is 4.74 Å². The third-order valence-corrected chi connectivity index (χ3v) is 1.96. The first-order valence-electron chi connectivity index (χ1n) is 2.81. The lowest BCUT2D eigenvalue weighted by Gasteiger charge is -2.07. The van der Waals surface area contributed by atoms with Crippen LogP contribution in [0.5, 0.6) is 0 Å². The Kier molecular flexibility index (Phi) is 2.36. The first-order chi connectivity index (χ1) is 4.29. The Bertz CT molecular complexity index is 112. The summed E-state index contributed by atoms with van der Waals surface area (Å²) in [6.45, 7) is 2.35. The number of ether oxygens (including phenoxy) is 1. The zero-order chi connectivity index (χ0) is 6.69. The Morgan fingerprint density at radius 2 is 2.67 bits per heavy atom. The molecular formula is C5H9NO2S. The van der Waals surface area contributed by atoms with Gasteiger partial charge in [0.05, 0.1) is 0 Å². The SMILES string of the molecule is CC(=O)OC1NCCS1. The molecule has 1 fully saturated rings. The van der Waals surface area contributed by atoms with Gasteiger partial charge in [0.1, 0.15) is 0 Å². The van der Waals surface area contributed by atoms with Gasteiger partial charge in [-0.2, -0.15) is 0 Å². The van der Waals surface area contributed by atoms with Crippen molar-refractivity contribution in [2.75, 3.05) is 12.3 Å². The van der Waals surface area contributed by atoms with Crippen LogP contribution in [0.2, 0.25) is 0 Å². The molecule has 0 aromatic carbocycles. The van der Waals surface area contributed by atoms with Gasteiger partial charge in [-0.1, -0.05) is 0 Å². The molecule has 9 heavy (non-hydrogen) atoms. The van der Waals surface area contributed by atoms with Crippen molar-refractivity contribution in [2.24, 2.45) is 0 Å². The van der Waals surface area contributed by atoms with Crippen LogP contribution in [0, 0.1) is 0 Å². The summed E-state index contributed by atoms with van der Waals surface area (Å²) in [7, 11) is 0. The number of rotatable bonds is 1. The maximum Gasteiger partial charge on any atom is 0.304 e. The number of thioether (sulfide) groups is 1. The number of carbonyl (C=O) groups is 1. The molecule has 0 spiro atoms. The smallest absolute Gasteiger partial charge is 0.304 e. The lowest BCUT2D eigenvalue weighted by Crippen LogP contribution is -2.24. The van der Waals surface area contributed by atoms with E-state index in [1.165, 1.54) is 6.92 Å². The average molecular weight is 147 g/mol. The van der Waals surface area contributed by atoms with Crippen LogP contribution in [0.4, 0.5) is 0 Å². The standard InChI is InChI=1S/C5H9NO2S/c1-4(7)8-5-6-2-3-9-5/h5-6H,2-3H2,1H3. The van der Waals surface area contributed by atoms with E-state index in [0.29, 0.717) is 0 Å². The Labute approximate surface area is 58.1 Å². The molecule has 1 aliphatic rings. The van der Waals surface area contributed by atoms with Crippen molar-refractivity contribution >= 4 is 17.7 Å². The lowest BCUT2D eigenvalue weighted by atomic mass is 10.7. The molecule has 0 bridgehead atoms. The number of carbonyl (C=O) groups excluding carboxylic acids is 1. The van der Waals surface area contributed by atoms with Crippen LogP contribution in [0.1, 0.15) is 6.92 Å². The number of esters is 1. The molecule has 1 saturated heterocycles. The summed E-state index contributed by atoms with van der Waals surface area (Å²) in [5, 5.41) is 3.01. The Morgan fingerprint density at radius 3 is 3.11 bits per heavy atom. The molecule has 1 heterocycles. The highest BCUT2D eigenvalue weighted by atomic mass is 32.2. The van der Waals surface area contributed by atoms with Crippen molar-refractivity contribution in [3.8, 4) is 0 Å². The van der Waals surface area contributed by atoms with E-state index < -0.39 is 0 Å². The molecule has 52 valence electrons. The van der Waals surface area contributed by atoms with Crippen molar-refractivity contribution in [1.82, 2.24) is 5.32 Å². The zero-order valence-electron chi connectivity index (χ0n) is 5.22. The van der Waals surface area contributed by atoms with Crippen molar-refractivity contribution in [3.63, 3.8) is 0 Å². The van der Waals surface area contributed by atoms with Crippen LogP contribution in [-0.2, 0) is 9.53 Å². The fourth-order valence-electron chi connectivity index (χ4n) is 0.628. The molecule has 0 aromatic heterocycles. The van der Waals surface area contributed by atoms with Gasteiger partial charge in [-0.25, -0.2) is 0 Å². The molecule has 0 saturated carbocycles. The van der Waals surface area contributed by atoms with E-state index in [1.54, 1.807) is 11.8 Å². The minimum absolute atomic E-state index is 0.0949. The third kappa shape index (κ3) is 2.24. The van der Waals surface area contributed by atoms with Gasteiger partial charge in [0.25, 0.3) is 0 Å². The highest BCUT2D eigenvalue weighted by molar-refractivity contribution is 8.00.